The minimum absolute atomic E-state index is 0.163. The summed E-state index contributed by atoms with van der Waals surface area (Å²) in [5.74, 6) is 0.542. The number of aryl methyl sites for hydroxylation is 4. The highest BCUT2D eigenvalue weighted by Gasteiger charge is 2.16. The molecule has 2 amide bonds. The van der Waals surface area contributed by atoms with Crippen LogP contribution in [-0.2, 0) is 9.59 Å². The van der Waals surface area contributed by atoms with Gasteiger partial charge in [-0.1, -0.05) is 30.0 Å². The number of carbonyl (C=O) groups excluding carboxylic acids is 2. The van der Waals surface area contributed by atoms with Gasteiger partial charge in [0.2, 0.25) is 11.8 Å². The molecule has 30 heavy (non-hydrogen) atoms. The second-order valence-electron chi connectivity index (χ2n) is 7.22. The fourth-order valence-corrected chi connectivity index (χ4v) is 3.84. The topological polar surface area (TPSA) is 88.9 Å². The van der Waals surface area contributed by atoms with Crippen LogP contribution in [0.15, 0.2) is 41.6 Å². The van der Waals surface area contributed by atoms with Crippen molar-refractivity contribution in [3.8, 4) is 5.69 Å². The van der Waals surface area contributed by atoms with Gasteiger partial charge in [0.25, 0.3) is 0 Å². The lowest BCUT2D eigenvalue weighted by molar-refractivity contribution is -0.115. The van der Waals surface area contributed by atoms with Crippen LogP contribution in [0, 0.1) is 27.7 Å². The molecule has 3 aromatic rings. The summed E-state index contributed by atoms with van der Waals surface area (Å²) in [4.78, 5) is 24.0. The Morgan fingerprint density at radius 1 is 0.933 bits per heavy atom. The third-order valence-corrected chi connectivity index (χ3v) is 5.42. The van der Waals surface area contributed by atoms with Gasteiger partial charge in [-0.15, -0.1) is 10.2 Å². The van der Waals surface area contributed by atoms with E-state index >= 15 is 0 Å². The van der Waals surface area contributed by atoms with Crippen LogP contribution >= 0.6 is 11.8 Å². The average Bonchev–Trinajstić information content (AvgIpc) is 3.04. The fraction of sp³-hybridized carbons (Fsp3) is 0.273. The van der Waals surface area contributed by atoms with E-state index in [1.807, 2.05) is 44.4 Å². The number of carbonyl (C=O) groups is 2. The smallest absolute Gasteiger partial charge is 0.234 e. The lowest BCUT2D eigenvalue weighted by Gasteiger charge is -2.13. The van der Waals surface area contributed by atoms with E-state index < -0.39 is 0 Å². The molecule has 1 aromatic heterocycles. The molecule has 0 aliphatic carbocycles. The van der Waals surface area contributed by atoms with Gasteiger partial charge in [-0.3, -0.25) is 14.2 Å². The first-order chi connectivity index (χ1) is 14.2. The van der Waals surface area contributed by atoms with Gasteiger partial charge in [-0.05, 0) is 62.6 Å². The lowest BCUT2D eigenvalue weighted by Crippen LogP contribution is -2.17. The Labute approximate surface area is 180 Å². The first-order valence-electron chi connectivity index (χ1n) is 9.55. The molecule has 156 valence electrons. The summed E-state index contributed by atoms with van der Waals surface area (Å²) in [5, 5.41) is 14.7. The van der Waals surface area contributed by atoms with Crippen LogP contribution in [-0.4, -0.2) is 32.3 Å². The highest BCUT2D eigenvalue weighted by molar-refractivity contribution is 7.99. The molecule has 0 fully saturated rings. The first-order valence-corrected chi connectivity index (χ1v) is 10.5. The molecule has 2 N–H and O–H groups in total. The number of thioether (sulfide) groups is 1. The molecule has 0 atom stereocenters. The molecule has 8 heteroatoms. The van der Waals surface area contributed by atoms with E-state index in [0.717, 1.165) is 28.2 Å². The SMILES string of the molecule is CC(=O)Nc1ccc(C)cc1NC(=O)CSc1nnc(C)n1-c1cc(C)ccc1C. The summed E-state index contributed by atoms with van der Waals surface area (Å²) >= 11 is 1.32. The van der Waals surface area contributed by atoms with E-state index in [4.69, 9.17) is 0 Å². The predicted octanol–water partition coefficient (Wildman–Crippen LogP) is 4.19. The van der Waals surface area contributed by atoms with E-state index in [0.29, 0.717) is 16.5 Å². The van der Waals surface area contributed by atoms with E-state index in [-0.39, 0.29) is 17.6 Å². The van der Waals surface area contributed by atoms with Gasteiger partial charge in [0.15, 0.2) is 5.16 Å². The minimum atomic E-state index is -0.194. The van der Waals surface area contributed by atoms with E-state index in [2.05, 4.69) is 39.0 Å². The number of hydrogen-bond acceptors (Lipinski definition) is 5. The molecule has 2 aromatic carbocycles. The standard InChI is InChI=1S/C22H25N5O2S/c1-13-7-9-18(23-17(5)28)19(10-13)24-21(29)12-30-22-26-25-16(4)27(22)20-11-14(2)6-8-15(20)3/h6-11H,12H2,1-5H3,(H,23,28)(H,24,29). The summed E-state index contributed by atoms with van der Waals surface area (Å²) in [6, 6.07) is 11.7. The summed E-state index contributed by atoms with van der Waals surface area (Å²) in [6.45, 7) is 9.33. The zero-order valence-electron chi connectivity index (χ0n) is 17.7. The maximum absolute atomic E-state index is 12.6. The van der Waals surface area contributed by atoms with Crippen molar-refractivity contribution in [2.24, 2.45) is 0 Å². The van der Waals surface area contributed by atoms with Crippen LogP contribution < -0.4 is 10.6 Å². The number of amides is 2. The van der Waals surface area contributed by atoms with Crippen molar-refractivity contribution in [2.45, 2.75) is 39.8 Å². The highest BCUT2D eigenvalue weighted by atomic mass is 32.2. The monoisotopic (exact) mass is 423 g/mol. The van der Waals surface area contributed by atoms with Gasteiger partial charge in [-0.25, -0.2) is 0 Å². The molecule has 0 saturated carbocycles. The largest absolute Gasteiger partial charge is 0.325 e. The first kappa shape index (κ1) is 21.6. The quantitative estimate of drug-likeness (QED) is 0.581. The molecule has 0 bridgehead atoms. The molecule has 0 aliphatic heterocycles. The van der Waals surface area contributed by atoms with E-state index in [9.17, 15) is 9.59 Å². The maximum atomic E-state index is 12.6. The van der Waals surface area contributed by atoms with Gasteiger partial charge < -0.3 is 10.6 Å². The normalized spacial score (nSPS) is 10.7. The third-order valence-electron chi connectivity index (χ3n) is 4.49. The number of hydrogen-bond donors (Lipinski definition) is 2. The molecule has 0 saturated heterocycles. The van der Waals surface area contributed by atoms with E-state index in [1.54, 1.807) is 6.07 Å². The number of rotatable bonds is 6. The van der Waals surface area contributed by atoms with E-state index in [1.165, 1.54) is 18.7 Å². The molecule has 7 nitrogen and oxygen atoms in total. The molecule has 3 rings (SSSR count). The third kappa shape index (κ3) is 5.07. The molecular weight excluding hydrogens is 398 g/mol. The molecule has 1 heterocycles. The second-order valence-corrected chi connectivity index (χ2v) is 8.16. The van der Waals surface area contributed by atoms with Crippen LogP contribution in [0.3, 0.4) is 0 Å². The number of nitrogens with zero attached hydrogens (tertiary/aromatic N) is 3. The Balaban J connectivity index is 1.76. The predicted molar refractivity (Wildman–Crippen MR) is 120 cm³/mol. The lowest BCUT2D eigenvalue weighted by atomic mass is 10.1. The Morgan fingerprint density at radius 3 is 2.37 bits per heavy atom. The highest BCUT2D eigenvalue weighted by Crippen LogP contribution is 2.26. The van der Waals surface area contributed by atoms with Gasteiger partial charge in [-0.2, -0.15) is 0 Å². The second kappa shape index (κ2) is 9.13. The number of aromatic nitrogens is 3. The zero-order valence-corrected chi connectivity index (χ0v) is 18.6. The molecular formula is C22H25N5O2S. The molecule has 0 radical (unpaired) electrons. The molecule has 0 spiro atoms. The summed E-state index contributed by atoms with van der Waals surface area (Å²) in [7, 11) is 0. The summed E-state index contributed by atoms with van der Waals surface area (Å²) in [5.41, 5.74) is 5.38. The summed E-state index contributed by atoms with van der Waals surface area (Å²) in [6.07, 6.45) is 0. The van der Waals surface area contributed by atoms with Gasteiger partial charge >= 0.3 is 0 Å². The van der Waals surface area contributed by atoms with Crippen molar-refractivity contribution in [3.63, 3.8) is 0 Å². The number of benzene rings is 2. The van der Waals surface area contributed by atoms with Crippen molar-refractivity contribution in [2.75, 3.05) is 16.4 Å². The Kier molecular flexibility index (Phi) is 6.56. The van der Waals surface area contributed by atoms with Crippen molar-refractivity contribution in [3.05, 3.63) is 58.9 Å². The van der Waals surface area contributed by atoms with Crippen LogP contribution in [0.4, 0.5) is 11.4 Å². The molecule has 0 aliphatic rings. The van der Waals surface area contributed by atoms with Crippen molar-refractivity contribution in [1.82, 2.24) is 14.8 Å². The van der Waals surface area contributed by atoms with Crippen molar-refractivity contribution in [1.29, 1.82) is 0 Å². The zero-order chi connectivity index (χ0) is 21.8. The van der Waals surface area contributed by atoms with Crippen molar-refractivity contribution >= 4 is 35.0 Å². The van der Waals surface area contributed by atoms with Crippen LogP contribution in [0.5, 0.6) is 0 Å². The van der Waals surface area contributed by atoms with Gasteiger partial charge in [0, 0.05) is 6.92 Å². The van der Waals surface area contributed by atoms with Crippen LogP contribution in [0.2, 0.25) is 0 Å². The number of anilines is 2. The summed E-state index contributed by atoms with van der Waals surface area (Å²) < 4.78 is 1.97. The number of nitrogens with one attached hydrogen (secondary N) is 2. The van der Waals surface area contributed by atoms with Crippen LogP contribution in [0.25, 0.3) is 5.69 Å². The van der Waals surface area contributed by atoms with Crippen LogP contribution in [0.1, 0.15) is 29.4 Å². The van der Waals surface area contributed by atoms with Gasteiger partial charge in [0.05, 0.1) is 22.8 Å². The Bertz CT molecular complexity index is 1110. The molecule has 0 unspecified atom stereocenters. The van der Waals surface area contributed by atoms with Crippen molar-refractivity contribution < 1.29 is 9.59 Å². The van der Waals surface area contributed by atoms with Gasteiger partial charge in [0.1, 0.15) is 5.82 Å². The Morgan fingerprint density at radius 2 is 1.63 bits per heavy atom. The Hall–Kier alpha value is -3.13. The average molecular weight is 424 g/mol. The maximum Gasteiger partial charge on any atom is 0.234 e. The fourth-order valence-electron chi connectivity index (χ4n) is 3.05. The minimum Gasteiger partial charge on any atom is -0.325 e.